The third-order valence-electron chi connectivity index (χ3n) is 3.95. The van der Waals surface area contributed by atoms with Gasteiger partial charge in [-0.3, -0.25) is 4.79 Å². The number of rotatable bonds is 5. The van der Waals surface area contributed by atoms with Crippen LogP contribution in [0.25, 0.3) is 0 Å². The highest BCUT2D eigenvalue weighted by molar-refractivity contribution is 7.89. The summed E-state index contributed by atoms with van der Waals surface area (Å²) in [6.07, 6.45) is 1.88. The van der Waals surface area contributed by atoms with Gasteiger partial charge in [0.05, 0.1) is 6.61 Å². The molecule has 0 saturated carbocycles. The van der Waals surface area contributed by atoms with E-state index in [4.69, 9.17) is 4.74 Å². The Morgan fingerprint density at radius 2 is 2.04 bits per heavy atom. The predicted octanol–water partition coefficient (Wildman–Crippen LogP) is 1.62. The van der Waals surface area contributed by atoms with Gasteiger partial charge in [-0.25, -0.2) is 21.9 Å². The molecule has 0 radical (unpaired) electrons. The summed E-state index contributed by atoms with van der Waals surface area (Å²) in [7, 11) is -2.29. The summed E-state index contributed by atoms with van der Waals surface area (Å²) in [5.41, 5.74) is 0.110. The van der Waals surface area contributed by atoms with Crippen LogP contribution in [0.2, 0.25) is 0 Å². The molecule has 2 N–H and O–H groups in total. The molecule has 0 aliphatic carbocycles. The number of amides is 1. The van der Waals surface area contributed by atoms with Gasteiger partial charge in [0.15, 0.2) is 11.6 Å². The molecule has 1 fully saturated rings. The Bertz CT molecular complexity index is 937. The van der Waals surface area contributed by atoms with Crippen molar-refractivity contribution in [1.29, 1.82) is 0 Å². The molecular formula is C16H17F2N3O4S. The van der Waals surface area contributed by atoms with Crippen LogP contribution < -0.4 is 10.0 Å². The van der Waals surface area contributed by atoms with Gasteiger partial charge in [-0.1, -0.05) is 0 Å². The number of anilines is 1. The molecule has 1 atom stereocenters. The first-order valence-electron chi connectivity index (χ1n) is 7.79. The van der Waals surface area contributed by atoms with Gasteiger partial charge in [-0.05, 0) is 24.6 Å². The maximum Gasteiger partial charge on any atom is 0.272 e. The van der Waals surface area contributed by atoms with E-state index in [1.54, 1.807) is 0 Å². The summed E-state index contributed by atoms with van der Waals surface area (Å²) in [5, 5.41) is 2.40. The quantitative estimate of drug-likeness (QED) is 0.819. The van der Waals surface area contributed by atoms with E-state index in [1.165, 1.54) is 29.9 Å². The highest BCUT2D eigenvalue weighted by atomic mass is 32.2. The summed E-state index contributed by atoms with van der Waals surface area (Å²) in [6.45, 7) is 0.791. The van der Waals surface area contributed by atoms with Gasteiger partial charge in [0.25, 0.3) is 5.91 Å². The molecule has 0 unspecified atom stereocenters. The zero-order valence-electron chi connectivity index (χ0n) is 13.8. The lowest BCUT2D eigenvalue weighted by atomic mass is 10.3. The van der Waals surface area contributed by atoms with Crippen molar-refractivity contribution in [3.63, 3.8) is 0 Å². The van der Waals surface area contributed by atoms with E-state index < -0.39 is 27.6 Å². The molecule has 1 amide bonds. The zero-order chi connectivity index (χ0) is 18.9. The van der Waals surface area contributed by atoms with Crippen molar-refractivity contribution in [2.75, 3.05) is 18.5 Å². The lowest BCUT2D eigenvalue weighted by Crippen LogP contribution is -2.34. The largest absolute Gasteiger partial charge is 0.380 e. The zero-order valence-corrected chi connectivity index (χ0v) is 14.6. The van der Waals surface area contributed by atoms with E-state index in [-0.39, 0.29) is 22.3 Å². The van der Waals surface area contributed by atoms with Gasteiger partial charge < -0.3 is 14.6 Å². The van der Waals surface area contributed by atoms with Crippen LogP contribution in [0.3, 0.4) is 0 Å². The highest BCUT2D eigenvalue weighted by Crippen LogP contribution is 2.18. The number of hydrogen-bond donors (Lipinski definition) is 2. The molecule has 2 heterocycles. The Balaban J connectivity index is 1.78. The molecular weight excluding hydrogens is 368 g/mol. The number of hydrogen-bond acceptors (Lipinski definition) is 4. The van der Waals surface area contributed by atoms with Crippen LogP contribution in [-0.2, 0) is 21.8 Å². The highest BCUT2D eigenvalue weighted by Gasteiger charge is 2.26. The van der Waals surface area contributed by atoms with Crippen molar-refractivity contribution in [2.45, 2.75) is 17.4 Å². The van der Waals surface area contributed by atoms with Gasteiger partial charge >= 0.3 is 0 Å². The van der Waals surface area contributed by atoms with Crippen molar-refractivity contribution in [3.05, 3.63) is 47.8 Å². The molecule has 0 bridgehead atoms. The molecule has 1 aliphatic heterocycles. The molecule has 26 heavy (non-hydrogen) atoms. The van der Waals surface area contributed by atoms with Crippen LogP contribution >= 0.6 is 0 Å². The van der Waals surface area contributed by atoms with Crippen molar-refractivity contribution in [2.24, 2.45) is 7.05 Å². The predicted molar refractivity (Wildman–Crippen MR) is 89.3 cm³/mol. The number of ether oxygens (including phenoxy) is 1. The van der Waals surface area contributed by atoms with Crippen LogP contribution in [-0.4, -0.2) is 38.1 Å². The second-order valence-electron chi connectivity index (χ2n) is 5.94. The molecule has 10 heteroatoms. The number of nitrogens with one attached hydrogen (secondary N) is 2. The number of benzene rings is 1. The number of nitrogens with zero attached hydrogens (tertiary/aromatic N) is 1. The first kappa shape index (κ1) is 18.5. The van der Waals surface area contributed by atoms with Crippen LogP contribution in [0.15, 0.2) is 35.4 Å². The smallest absolute Gasteiger partial charge is 0.272 e. The summed E-state index contributed by atoms with van der Waals surface area (Å²) in [5.74, 6) is -2.78. The van der Waals surface area contributed by atoms with Gasteiger partial charge in [0.2, 0.25) is 10.0 Å². The number of aromatic nitrogens is 1. The summed E-state index contributed by atoms with van der Waals surface area (Å²) in [6, 6.07) is 3.85. The SMILES string of the molecule is Cn1cc(S(=O)(=O)N[C@H]2CCOC2)cc1C(=O)Nc1ccc(F)c(F)c1. The Kier molecular flexibility index (Phi) is 5.08. The monoisotopic (exact) mass is 385 g/mol. The first-order valence-corrected chi connectivity index (χ1v) is 9.27. The normalized spacial score (nSPS) is 17.4. The van der Waals surface area contributed by atoms with Crippen LogP contribution in [0.4, 0.5) is 14.5 Å². The Morgan fingerprint density at radius 3 is 2.69 bits per heavy atom. The van der Waals surface area contributed by atoms with Crippen LogP contribution in [0.1, 0.15) is 16.9 Å². The van der Waals surface area contributed by atoms with Crippen LogP contribution in [0, 0.1) is 11.6 Å². The van der Waals surface area contributed by atoms with Gasteiger partial charge in [0, 0.05) is 37.6 Å². The molecule has 7 nitrogen and oxygen atoms in total. The van der Waals surface area contributed by atoms with Gasteiger partial charge in [-0.15, -0.1) is 0 Å². The fourth-order valence-electron chi connectivity index (χ4n) is 2.59. The van der Waals surface area contributed by atoms with E-state index >= 15 is 0 Å². The van der Waals surface area contributed by atoms with E-state index in [0.717, 1.165) is 12.1 Å². The van der Waals surface area contributed by atoms with Crippen molar-refractivity contribution in [3.8, 4) is 0 Å². The van der Waals surface area contributed by atoms with E-state index in [9.17, 15) is 22.0 Å². The van der Waals surface area contributed by atoms with Crippen molar-refractivity contribution < 1.29 is 26.7 Å². The summed E-state index contributed by atoms with van der Waals surface area (Å²) in [4.78, 5) is 12.3. The van der Waals surface area contributed by atoms with E-state index in [1.807, 2.05) is 0 Å². The molecule has 0 spiro atoms. The Hall–Kier alpha value is -2.30. The molecule has 1 aromatic carbocycles. The second-order valence-corrected chi connectivity index (χ2v) is 7.65. The second kappa shape index (κ2) is 7.14. The maximum absolute atomic E-state index is 13.2. The number of aryl methyl sites for hydroxylation is 1. The van der Waals surface area contributed by atoms with Crippen molar-refractivity contribution in [1.82, 2.24) is 9.29 Å². The molecule has 1 aromatic heterocycles. The Labute approximate surface area is 149 Å². The molecule has 1 saturated heterocycles. The average molecular weight is 385 g/mol. The third-order valence-corrected chi connectivity index (χ3v) is 5.44. The lowest BCUT2D eigenvalue weighted by Gasteiger charge is -2.09. The number of carbonyl (C=O) groups is 1. The van der Waals surface area contributed by atoms with Crippen LogP contribution in [0.5, 0.6) is 0 Å². The topological polar surface area (TPSA) is 89.4 Å². The summed E-state index contributed by atoms with van der Waals surface area (Å²) >= 11 is 0. The number of sulfonamides is 1. The first-order chi connectivity index (χ1) is 12.3. The lowest BCUT2D eigenvalue weighted by molar-refractivity contribution is 0.101. The van der Waals surface area contributed by atoms with E-state index in [0.29, 0.717) is 19.6 Å². The fourth-order valence-corrected chi connectivity index (χ4v) is 3.92. The van der Waals surface area contributed by atoms with E-state index in [2.05, 4.69) is 10.0 Å². The standard InChI is InChI=1S/C16H17F2N3O4S/c1-21-8-12(26(23,24)20-11-4-5-25-9-11)7-15(21)16(22)19-10-2-3-13(17)14(18)6-10/h2-3,6-8,11,20H,4-5,9H2,1H3,(H,19,22)/t11-/m0/s1. The average Bonchev–Trinajstić information content (AvgIpc) is 3.20. The number of carbonyl (C=O) groups excluding carboxylic acids is 1. The van der Waals surface area contributed by atoms with Crippen molar-refractivity contribution >= 4 is 21.6 Å². The fraction of sp³-hybridized carbons (Fsp3) is 0.312. The summed E-state index contributed by atoms with van der Waals surface area (Å²) < 4.78 is 60.0. The minimum absolute atomic E-state index is 0.0535. The minimum atomic E-state index is -3.80. The minimum Gasteiger partial charge on any atom is -0.380 e. The van der Waals surface area contributed by atoms with Gasteiger partial charge in [0.1, 0.15) is 10.6 Å². The number of halogens is 2. The molecule has 3 rings (SSSR count). The Morgan fingerprint density at radius 1 is 1.27 bits per heavy atom. The third kappa shape index (κ3) is 3.92. The van der Waals surface area contributed by atoms with Gasteiger partial charge in [-0.2, -0.15) is 0 Å². The molecule has 1 aliphatic rings. The maximum atomic E-state index is 13.2. The molecule has 140 valence electrons. The molecule has 2 aromatic rings.